The maximum absolute atomic E-state index is 11.3. The van der Waals surface area contributed by atoms with E-state index >= 15 is 0 Å². The molecule has 78 valence electrons. The highest BCUT2D eigenvalue weighted by Crippen LogP contribution is 2.35. The third-order valence-corrected chi connectivity index (χ3v) is 4.55. The molecular weight excluding hydrogens is 210 g/mol. The first kappa shape index (κ1) is 11.3. The highest BCUT2D eigenvalue weighted by atomic mass is 35.5. The number of hydrogen-bond acceptors (Lipinski definition) is 2. The fourth-order valence-electron chi connectivity index (χ4n) is 0.987. The van der Waals surface area contributed by atoms with Crippen molar-refractivity contribution in [3.63, 3.8) is 0 Å². The lowest BCUT2D eigenvalue weighted by Crippen LogP contribution is -2.35. The van der Waals surface area contributed by atoms with Gasteiger partial charge < -0.3 is 0 Å². The van der Waals surface area contributed by atoms with E-state index in [9.17, 15) is 8.42 Å². The molecule has 13 heavy (non-hydrogen) atoms. The molecule has 1 fully saturated rings. The third-order valence-electron chi connectivity index (χ3n) is 2.23. The smallest absolute Gasteiger partial charge is 0.213 e. The van der Waals surface area contributed by atoms with Crippen molar-refractivity contribution < 1.29 is 8.42 Å². The van der Waals surface area contributed by atoms with Crippen molar-refractivity contribution in [3.8, 4) is 0 Å². The minimum Gasteiger partial charge on any atom is -0.214 e. The first-order valence-corrected chi connectivity index (χ1v) is 6.54. The van der Waals surface area contributed by atoms with Crippen molar-refractivity contribution in [2.24, 2.45) is 5.92 Å². The molecule has 0 aromatic heterocycles. The van der Waals surface area contributed by atoms with Gasteiger partial charge in [0.15, 0.2) is 0 Å². The lowest BCUT2D eigenvalue weighted by Gasteiger charge is -2.12. The van der Waals surface area contributed by atoms with Crippen LogP contribution >= 0.6 is 11.6 Å². The summed E-state index contributed by atoms with van der Waals surface area (Å²) in [6, 6.07) is 0. The summed E-state index contributed by atoms with van der Waals surface area (Å²) in [4.78, 5) is 0. The van der Waals surface area contributed by atoms with E-state index in [4.69, 9.17) is 11.6 Å². The van der Waals surface area contributed by atoms with Crippen LogP contribution in [0.3, 0.4) is 0 Å². The van der Waals surface area contributed by atoms with Crippen LogP contribution in [0.1, 0.15) is 26.7 Å². The van der Waals surface area contributed by atoms with Gasteiger partial charge in [0, 0.05) is 11.9 Å². The first-order chi connectivity index (χ1) is 5.93. The molecule has 5 heteroatoms. The summed E-state index contributed by atoms with van der Waals surface area (Å²) in [5.41, 5.74) is 0. The van der Waals surface area contributed by atoms with Gasteiger partial charge in [-0.1, -0.05) is 0 Å². The van der Waals surface area contributed by atoms with E-state index < -0.39 is 10.0 Å². The summed E-state index contributed by atoms with van der Waals surface area (Å²) in [5, 5.41) is -0.413. The second-order valence-electron chi connectivity index (χ2n) is 3.80. The molecule has 1 aliphatic carbocycles. The number of alkyl halides is 1. The van der Waals surface area contributed by atoms with E-state index in [0.717, 1.165) is 12.8 Å². The van der Waals surface area contributed by atoms with Crippen molar-refractivity contribution in [1.29, 1.82) is 0 Å². The summed E-state index contributed by atoms with van der Waals surface area (Å²) in [7, 11) is -3.13. The average Bonchev–Trinajstić information content (AvgIpc) is 2.82. The Morgan fingerprint density at radius 3 is 2.38 bits per heavy atom. The molecule has 0 heterocycles. The molecule has 0 spiro atoms. The van der Waals surface area contributed by atoms with Crippen LogP contribution in [0.25, 0.3) is 0 Å². The van der Waals surface area contributed by atoms with Gasteiger partial charge in [-0.05, 0) is 32.6 Å². The van der Waals surface area contributed by atoms with Gasteiger partial charge in [0.1, 0.15) is 0 Å². The van der Waals surface area contributed by atoms with Crippen LogP contribution in [0, 0.1) is 5.92 Å². The zero-order valence-electron chi connectivity index (χ0n) is 7.96. The zero-order valence-corrected chi connectivity index (χ0v) is 9.53. The number of nitrogens with one attached hydrogen (secondary N) is 1. The molecule has 0 radical (unpaired) electrons. The molecule has 0 aliphatic heterocycles. The van der Waals surface area contributed by atoms with E-state index in [0.29, 0.717) is 12.5 Å². The Labute approximate surface area is 84.9 Å². The van der Waals surface area contributed by atoms with Gasteiger partial charge in [-0.15, -0.1) is 11.6 Å². The van der Waals surface area contributed by atoms with Gasteiger partial charge in [-0.25, -0.2) is 13.1 Å². The van der Waals surface area contributed by atoms with Crippen LogP contribution in [-0.2, 0) is 10.0 Å². The molecule has 3 nitrogen and oxygen atoms in total. The molecule has 0 bridgehead atoms. The monoisotopic (exact) mass is 225 g/mol. The first-order valence-electron chi connectivity index (χ1n) is 4.56. The highest BCUT2D eigenvalue weighted by Gasteiger charge is 2.30. The normalized spacial score (nSPS) is 20.6. The standard InChI is InChI=1S/C8H16ClNO2S/c1-6(2)13(11,12)10-5-8(9)7-3-4-7/h6-8,10H,3-5H2,1-2H3. The Balaban J connectivity index is 2.32. The zero-order chi connectivity index (χ0) is 10.1. The third kappa shape index (κ3) is 3.44. The molecule has 0 aromatic carbocycles. The molecule has 1 saturated carbocycles. The van der Waals surface area contributed by atoms with Crippen molar-refractivity contribution in [3.05, 3.63) is 0 Å². The van der Waals surface area contributed by atoms with Gasteiger partial charge in [0.05, 0.1) is 5.25 Å². The molecule has 0 aromatic rings. The second-order valence-corrected chi connectivity index (χ2v) is 6.68. The fourth-order valence-corrected chi connectivity index (χ4v) is 2.15. The van der Waals surface area contributed by atoms with E-state index in [2.05, 4.69) is 4.72 Å². The topological polar surface area (TPSA) is 46.2 Å². The largest absolute Gasteiger partial charge is 0.214 e. The Hall–Kier alpha value is 0.200. The second kappa shape index (κ2) is 4.15. The van der Waals surface area contributed by atoms with E-state index in [1.165, 1.54) is 0 Å². The van der Waals surface area contributed by atoms with Gasteiger partial charge in [0.25, 0.3) is 0 Å². The van der Waals surface area contributed by atoms with E-state index in [1.807, 2.05) is 0 Å². The Kier molecular flexibility index (Phi) is 3.60. The Bertz CT molecular complexity index is 259. The van der Waals surface area contributed by atoms with Crippen molar-refractivity contribution in [2.45, 2.75) is 37.3 Å². The quantitative estimate of drug-likeness (QED) is 0.718. The number of hydrogen-bond donors (Lipinski definition) is 1. The average molecular weight is 226 g/mol. The molecule has 0 saturated heterocycles. The number of halogens is 1. The van der Waals surface area contributed by atoms with E-state index in [-0.39, 0.29) is 10.6 Å². The molecule has 1 atom stereocenters. The lowest BCUT2D eigenvalue weighted by atomic mass is 10.3. The number of sulfonamides is 1. The van der Waals surface area contributed by atoms with Gasteiger partial charge >= 0.3 is 0 Å². The summed E-state index contributed by atoms with van der Waals surface area (Å²) < 4.78 is 25.1. The van der Waals surface area contributed by atoms with Crippen LogP contribution in [-0.4, -0.2) is 25.6 Å². The summed E-state index contributed by atoms with van der Waals surface area (Å²) in [6.45, 7) is 3.68. The van der Waals surface area contributed by atoms with Gasteiger partial charge in [0.2, 0.25) is 10.0 Å². The molecule has 0 amide bonds. The summed E-state index contributed by atoms with van der Waals surface area (Å²) in [5.74, 6) is 0.525. The van der Waals surface area contributed by atoms with Crippen molar-refractivity contribution in [2.75, 3.05) is 6.54 Å². The molecule has 1 N–H and O–H groups in total. The van der Waals surface area contributed by atoms with E-state index in [1.54, 1.807) is 13.8 Å². The lowest BCUT2D eigenvalue weighted by molar-refractivity contribution is 0.567. The van der Waals surface area contributed by atoms with Gasteiger partial charge in [-0.2, -0.15) is 0 Å². The van der Waals surface area contributed by atoms with Crippen LogP contribution in [0.4, 0.5) is 0 Å². The fraction of sp³-hybridized carbons (Fsp3) is 1.00. The van der Waals surface area contributed by atoms with Gasteiger partial charge in [-0.3, -0.25) is 0 Å². The highest BCUT2D eigenvalue weighted by molar-refractivity contribution is 7.90. The predicted molar refractivity (Wildman–Crippen MR) is 54.4 cm³/mol. The maximum Gasteiger partial charge on any atom is 0.213 e. The molecule has 1 aliphatic rings. The van der Waals surface area contributed by atoms with Crippen LogP contribution in [0.5, 0.6) is 0 Å². The van der Waals surface area contributed by atoms with Crippen molar-refractivity contribution >= 4 is 21.6 Å². The minimum atomic E-state index is -3.13. The van der Waals surface area contributed by atoms with Crippen LogP contribution < -0.4 is 4.72 Å². The maximum atomic E-state index is 11.3. The molecule has 1 rings (SSSR count). The summed E-state index contributed by atoms with van der Waals surface area (Å²) in [6.07, 6.45) is 2.27. The van der Waals surface area contributed by atoms with Crippen LogP contribution in [0.15, 0.2) is 0 Å². The molecular formula is C8H16ClNO2S. The minimum absolute atomic E-state index is 0.0338. The van der Waals surface area contributed by atoms with Crippen molar-refractivity contribution in [1.82, 2.24) is 4.72 Å². The number of rotatable bonds is 5. The SMILES string of the molecule is CC(C)S(=O)(=O)NCC(Cl)C1CC1. The Morgan fingerprint density at radius 2 is 2.00 bits per heavy atom. The summed E-state index contributed by atoms with van der Waals surface area (Å²) >= 11 is 5.96. The predicted octanol–water partition coefficient (Wildman–Crippen LogP) is 1.33. The van der Waals surface area contributed by atoms with Crippen LogP contribution in [0.2, 0.25) is 0 Å². The molecule has 1 unspecified atom stereocenters. The Morgan fingerprint density at radius 1 is 1.46 bits per heavy atom.